The fourth-order valence-electron chi connectivity index (χ4n) is 1.94. The van der Waals surface area contributed by atoms with Crippen LogP contribution in [0, 0.1) is 0 Å². The molecule has 2 heterocycles. The van der Waals surface area contributed by atoms with E-state index in [0.29, 0.717) is 5.56 Å². The van der Waals surface area contributed by atoms with Gasteiger partial charge in [0.25, 0.3) is 0 Å². The molecule has 0 N–H and O–H groups in total. The van der Waals surface area contributed by atoms with E-state index in [1.165, 1.54) is 7.11 Å². The number of carbonyl (C=O) groups is 1. The van der Waals surface area contributed by atoms with Gasteiger partial charge in [0.2, 0.25) is 0 Å². The van der Waals surface area contributed by atoms with Crippen molar-refractivity contribution in [2.24, 2.45) is 0 Å². The number of esters is 1. The number of hydrogen-bond acceptors (Lipinski definition) is 5. The molecule has 1 aliphatic heterocycles. The van der Waals surface area contributed by atoms with Crippen molar-refractivity contribution in [2.45, 2.75) is 12.5 Å². The van der Waals surface area contributed by atoms with E-state index in [0.717, 1.165) is 25.3 Å². The minimum atomic E-state index is -0.361. The Kier molecular flexibility index (Phi) is 3.58. The molecule has 1 aliphatic rings. The van der Waals surface area contributed by atoms with Gasteiger partial charge in [0.15, 0.2) is 0 Å². The lowest BCUT2D eigenvalue weighted by Crippen LogP contribution is -2.23. The Morgan fingerprint density at radius 1 is 1.47 bits per heavy atom. The predicted molar refractivity (Wildman–Crippen MR) is 63.2 cm³/mol. The van der Waals surface area contributed by atoms with Crippen LogP contribution in [0.1, 0.15) is 16.8 Å². The summed E-state index contributed by atoms with van der Waals surface area (Å²) in [5.74, 6) is 0.512. The third-order valence-electron chi connectivity index (χ3n) is 2.97. The van der Waals surface area contributed by atoms with Gasteiger partial charge < -0.3 is 14.4 Å². The summed E-state index contributed by atoms with van der Waals surface area (Å²) < 4.78 is 9.92. The van der Waals surface area contributed by atoms with Gasteiger partial charge in [0.05, 0.1) is 18.8 Å². The Balaban J connectivity index is 2.06. The number of nitrogens with zero attached hydrogens (tertiary/aromatic N) is 2. The maximum absolute atomic E-state index is 11.2. The molecular weight excluding hydrogens is 220 g/mol. The summed E-state index contributed by atoms with van der Waals surface area (Å²) in [6.07, 6.45) is 2.83. The zero-order chi connectivity index (χ0) is 12.3. The van der Waals surface area contributed by atoms with Crippen LogP contribution in [0.3, 0.4) is 0 Å². The molecule has 0 bridgehead atoms. The molecule has 5 nitrogen and oxygen atoms in total. The highest BCUT2D eigenvalue weighted by atomic mass is 16.5. The Labute approximate surface area is 100 Å². The number of anilines is 1. The van der Waals surface area contributed by atoms with E-state index in [-0.39, 0.29) is 12.1 Å². The summed E-state index contributed by atoms with van der Waals surface area (Å²) >= 11 is 0. The number of methoxy groups -OCH3 is 2. The van der Waals surface area contributed by atoms with Crippen LogP contribution in [-0.2, 0) is 9.47 Å². The zero-order valence-corrected chi connectivity index (χ0v) is 10.0. The highest BCUT2D eigenvalue weighted by Gasteiger charge is 2.23. The second-order valence-electron chi connectivity index (χ2n) is 3.99. The van der Waals surface area contributed by atoms with E-state index in [2.05, 4.69) is 14.6 Å². The molecule has 0 amide bonds. The first kappa shape index (κ1) is 11.9. The Morgan fingerprint density at radius 3 is 2.82 bits per heavy atom. The molecule has 1 aromatic heterocycles. The first-order valence-electron chi connectivity index (χ1n) is 5.56. The Bertz CT molecular complexity index is 391. The third kappa shape index (κ3) is 2.55. The maximum Gasteiger partial charge on any atom is 0.339 e. The summed E-state index contributed by atoms with van der Waals surface area (Å²) in [6.45, 7) is 1.78. The SMILES string of the molecule is COC(=O)c1ccc(N2CC[C@H](OC)C2)nc1. The van der Waals surface area contributed by atoms with Crippen LogP contribution in [-0.4, -0.2) is 44.4 Å². The summed E-state index contributed by atoms with van der Waals surface area (Å²) in [7, 11) is 3.09. The summed E-state index contributed by atoms with van der Waals surface area (Å²) in [5, 5.41) is 0. The van der Waals surface area contributed by atoms with Crippen LogP contribution < -0.4 is 4.90 Å². The fraction of sp³-hybridized carbons (Fsp3) is 0.500. The van der Waals surface area contributed by atoms with Crippen LogP contribution in [0.25, 0.3) is 0 Å². The molecule has 1 atom stereocenters. The highest BCUT2D eigenvalue weighted by molar-refractivity contribution is 5.89. The van der Waals surface area contributed by atoms with Gasteiger partial charge in [-0.2, -0.15) is 0 Å². The number of carbonyl (C=O) groups excluding carboxylic acids is 1. The molecule has 1 saturated heterocycles. The van der Waals surface area contributed by atoms with E-state index in [4.69, 9.17) is 4.74 Å². The van der Waals surface area contributed by atoms with Gasteiger partial charge in [0.1, 0.15) is 5.82 Å². The quantitative estimate of drug-likeness (QED) is 0.735. The van der Waals surface area contributed by atoms with Crippen LogP contribution in [0.2, 0.25) is 0 Å². The molecule has 1 aromatic rings. The Hall–Kier alpha value is -1.62. The van der Waals surface area contributed by atoms with Crippen molar-refractivity contribution >= 4 is 11.8 Å². The fourth-order valence-corrected chi connectivity index (χ4v) is 1.94. The van der Waals surface area contributed by atoms with Gasteiger partial charge in [-0.1, -0.05) is 0 Å². The van der Waals surface area contributed by atoms with Crippen LogP contribution in [0.4, 0.5) is 5.82 Å². The van der Waals surface area contributed by atoms with Crippen molar-refractivity contribution in [3.63, 3.8) is 0 Å². The second kappa shape index (κ2) is 5.14. The zero-order valence-electron chi connectivity index (χ0n) is 10.0. The lowest BCUT2D eigenvalue weighted by atomic mass is 10.3. The molecule has 5 heteroatoms. The first-order valence-corrected chi connectivity index (χ1v) is 5.56. The van der Waals surface area contributed by atoms with Crippen molar-refractivity contribution < 1.29 is 14.3 Å². The van der Waals surface area contributed by atoms with Gasteiger partial charge in [-0.3, -0.25) is 0 Å². The number of ether oxygens (including phenoxy) is 2. The monoisotopic (exact) mass is 236 g/mol. The minimum Gasteiger partial charge on any atom is -0.465 e. The van der Waals surface area contributed by atoms with E-state index >= 15 is 0 Å². The summed E-state index contributed by atoms with van der Waals surface area (Å²) in [6, 6.07) is 3.57. The van der Waals surface area contributed by atoms with Crippen LogP contribution in [0.5, 0.6) is 0 Å². The van der Waals surface area contributed by atoms with Crippen molar-refractivity contribution in [3.8, 4) is 0 Å². The molecule has 2 rings (SSSR count). The van der Waals surface area contributed by atoms with Gasteiger partial charge in [-0.05, 0) is 18.6 Å². The van der Waals surface area contributed by atoms with Gasteiger partial charge >= 0.3 is 5.97 Å². The number of aromatic nitrogens is 1. The molecule has 92 valence electrons. The van der Waals surface area contributed by atoms with E-state index in [1.807, 2.05) is 6.07 Å². The van der Waals surface area contributed by atoms with Crippen molar-refractivity contribution in [1.82, 2.24) is 4.98 Å². The molecule has 17 heavy (non-hydrogen) atoms. The topological polar surface area (TPSA) is 51.7 Å². The molecule has 0 unspecified atom stereocenters. The van der Waals surface area contributed by atoms with Crippen LogP contribution in [0.15, 0.2) is 18.3 Å². The van der Waals surface area contributed by atoms with Crippen molar-refractivity contribution in [3.05, 3.63) is 23.9 Å². The summed E-state index contributed by atoms with van der Waals surface area (Å²) in [5.41, 5.74) is 0.471. The largest absolute Gasteiger partial charge is 0.465 e. The molecule has 0 aliphatic carbocycles. The van der Waals surface area contributed by atoms with Gasteiger partial charge in [-0.25, -0.2) is 9.78 Å². The Morgan fingerprint density at radius 2 is 2.29 bits per heavy atom. The molecule has 1 fully saturated rings. The van der Waals surface area contributed by atoms with E-state index < -0.39 is 0 Å². The normalized spacial score (nSPS) is 19.4. The smallest absolute Gasteiger partial charge is 0.339 e. The highest BCUT2D eigenvalue weighted by Crippen LogP contribution is 2.19. The minimum absolute atomic E-state index is 0.275. The molecule has 0 aromatic carbocycles. The second-order valence-corrected chi connectivity index (χ2v) is 3.99. The van der Waals surface area contributed by atoms with Crippen molar-refractivity contribution in [2.75, 3.05) is 32.2 Å². The molecular formula is C12H16N2O3. The van der Waals surface area contributed by atoms with Gasteiger partial charge in [-0.15, -0.1) is 0 Å². The van der Waals surface area contributed by atoms with E-state index in [9.17, 15) is 4.79 Å². The number of hydrogen-bond donors (Lipinski definition) is 0. The van der Waals surface area contributed by atoms with Crippen molar-refractivity contribution in [1.29, 1.82) is 0 Å². The van der Waals surface area contributed by atoms with Crippen LogP contribution >= 0.6 is 0 Å². The lowest BCUT2D eigenvalue weighted by molar-refractivity contribution is 0.0600. The average Bonchev–Trinajstić information content (AvgIpc) is 2.87. The average molecular weight is 236 g/mol. The lowest BCUT2D eigenvalue weighted by Gasteiger charge is -2.16. The summed E-state index contributed by atoms with van der Waals surface area (Å²) in [4.78, 5) is 17.7. The number of pyridine rings is 1. The maximum atomic E-state index is 11.2. The first-order chi connectivity index (χ1) is 8.24. The number of rotatable bonds is 3. The third-order valence-corrected chi connectivity index (χ3v) is 2.97. The van der Waals surface area contributed by atoms with E-state index in [1.54, 1.807) is 19.4 Å². The molecule has 0 spiro atoms. The van der Waals surface area contributed by atoms with Gasteiger partial charge in [0, 0.05) is 26.4 Å². The molecule has 0 saturated carbocycles. The standard InChI is InChI=1S/C12H16N2O3/c1-16-10-5-6-14(8-10)11-4-3-9(7-13-11)12(15)17-2/h3-4,7,10H,5-6,8H2,1-2H3/t10-/m0/s1. The predicted octanol–water partition coefficient (Wildman–Crippen LogP) is 1.09. The molecule has 0 radical (unpaired) electrons.